The smallest absolute Gasteiger partial charge is 0.107 e. The van der Waals surface area contributed by atoms with Crippen LogP contribution in [-0.4, -0.2) is 4.99 Å². The van der Waals surface area contributed by atoms with Gasteiger partial charge in [-0.2, -0.15) is 0 Å². The van der Waals surface area contributed by atoms with E-state index < -0.39 is 0 Å². The molecule has 1 atom stereocenters. The molecule has 1 aliphatic rings. The second kappa shape index (κ2) is 2.31. The summed E-state index contributed by atoms with van der Waals surface area (Å²) in [5.74, 6) is 0. The molecule has 0 bridgehead atoms. The van der Waals surface area contributed by atoms with E-state index in [0.29, 0.717) is 6.04 Å². The third-order valence-corrected chi connectivity index (χ3v) is 2.36. The van der Waals surface area contributed by atoms with Crippen molar-refractivity contribution in [1.82, 2.24) is 5.32 Å². The van der Waals surface area contributed by atoms with Crippen LogP contribution in [0.25, 0.3) is 0 Å². The number of hydrogen-bond acceptors (Lipinski definition) is 1. The van der Waals surface area contributed by atoms with E-state index in [0.717, 1.165) is 4.99 Å². The van der Waals surface area contributed by atoms with E-state index in [4.69, 9.17) is 12.2 Å². The van der Waals surface area contributed by atoms with Crippen LogP contribution in [0.3, 0.4) is 0 Å². The Hall–Kier alpha value is -0.890. The molecule has 11 heavy (non-hydrogen) atoms. The fraction of sp³-hybridized carbons (Fsp3) is 0.222. The first-order chi connectivity index (χ1) is 5.29. The quantitative estimate of drug-likeness (QED) is 0.587. The van der Waals surface area contributed by atoms with Gasteiger partial charge in [-0.25, -0.2) is 0 Å². The monoisotopic (exact) mass is 163 g/mol. The minimum absolute atomic E-state index is 0.388. The summed E-state index contributed by atoms with van der Waals surface area (Å²) in [5, 5.41) is 3.21. The minimum atomic E-state index is 0.388. The first-order valence-electron chi connectivity index (χ1n) is 3.69. The fourth-order valence-electron chi connectivity index (χ4n) is 1.43. The lowest BCUT2D eigenvalue weighted by Gasteiger charge is -2.01. The molecule has 1 nitrogen and oxygen atoms in total. The van der Waals surface area contributed by atoms with Crippen molar-refractivity contribution in [2.75, 3.05) is 0 Å². The van der Waals surface area contributed by atoms with Gasteiger partial charge < -0.3 is 5.32 Å². The lowest BCUT2D eigenvalue weighted by atomic mass is 10.1. The van der Waals surface area contributed by atoms with Gasteiger partial charge in [0.2, 0.25) is 0 Å². The molecule has 0 amide bonds. The van der Waals surface area contributed by atoms with Gasteiger partial charge >= 0.3 is 0 Å². The maximum Gasteiger partial charge on any atom is 0.107 e. The van der Waals surface area contributed by atoms with Crippen molar-refractivity contribution < 1.29 is 0 Å². The Kier molecular flexibility index (Phi) is 1.43. The van der Waals surface area contributed by atoms with Crippen LogP contribution in [-0.2, 0) is 0 Å². The lowest BCUT2D eigenvalue weighted by Crippen LogP contribution is -2.14. The van der Waals surface area contributed by atoms with E-state index in [2.05, 4.69) is 24.4 Å². The van der Waals surface area contributed by atoms with Crippen LogP contribution in [0, 0.1) is 0 Å². The lowest BCUT2D eigenvalue weighted by molar-refractivity contribution is 0.752. The van der Waals surface area contributed by atoms with E-state index in [1.807, 2.05) is 12.1 Å². The number of nitrogens with one attached hydrogen (secondary N) is 1. The summed E-state index contributed by atoms with van der Waals surface area (Å²) in [5.41, 5.74) is 2.51. The third kappa shape index (κ3) is 0.942. The maximum atomic E-state index is 5.14. The summed E-state index contributed by atoms with van der Waals surface area (Å²) in [7, 11) is 0. The highest BCUT2D eigenvalue weighted by Gasteiger charge is 2.20. The highest BCUT2D eigenvalue weighted by atomic mass is 32.1. The molecule has 56 valence electrons. The Labute approximate surface area is 71.4 Å². The average Bonchev–Trinajstić information content (AvgIpc) is 2.30. The van der Waals surface area contributed by atoms with E-state index in [-0.39, 0.29) is 0 Å². The largest absolute Gasteiger partial charge is 0.369 e. The molecule has 0 aliphatic carbocycles. The molecule has 1 unspecified atom stereocenters. The van der Waals surface area contributed by atoms with Crippen molar-refractivity contribution in [3.63, 3.8) is 0 Å². The zero-order valence-electron chi connectivity index (χ0n) is 6.29. The summed E-state index contributed by atoms with van der Waals surface area (Å²) in [6.45, 7) is 2.12. The third-order valence-electron chi connectivity index (χ3n) is 2.02. The van der Waals surface area contributed by atoms with Crippen LogP contribution in [0.15, 0.2) is 24.3 Å². The topological polar surface area (TPSA) is 12.0 Å². The van der Waals surface area contributed by atoms with Gasteiger partial charge in [-0.05, 0) is 12.5 Å². The van der Waals surface area contributed by atoms with Crippen molar-refractivity contribution in [2.24, 2.45) is 0 Å². The summed E-state index contributed by atoms with van der Waals surface area (Å²) >= 11 is 5.14. The van der Waals surface area contributed by atoms with Gasteiger partial charge in [-0.1, -0.05) is 36.5 Å². The summed E-state index contributed by atoms with van der Waals surface area (Å²) < 4.78 is 0. The molecular weight excluding hydrogens is 154 g/mol. The highest BCUT2D eigenvalue weighted by Crippen LogP contribution is 2.24. The number of rotatable bonds is 0. The Balaban J connectivity index is 2.60. The van der Waals surface area contributed by atoms with Crippen LogP contribution in [0.2, 0.25) is 0 Å². The zero-order chi connectivity index (χ0) is 7.84. The van der Waals surface area contributed by atoms with E-state index >= 15 is 0 Å². The van der Waals surface area contributed by atoms with E-state index in [1.54, 1.807) is 0 Å². The number of fused-ring (bicyclic) bond motifs is 1. The predicted octanol–water partition coefficient (Wildman–Crippen LogP) is 2.03. The SMILES string of the molecule is CC1NC(=S)c2ccccc21. The normalized spacial score (nSPS) is 21.2. The maximum absolute atomic E-state index is 5.14. The number of thiocarbonyl (C=S) groups is 1. The molecule has 1 aromatic carbocycles. The summed E-state index contributed by atoms with van der Waals surface area (Å²) in [6, 6.07) is 8.63. The van der Waals surface area contributed by atoms with Crippen molar-refractivity contribution in [3.05, 3.63) is 35.4 Å². The molecule has 1 aliphatic heterocycles. The Morgan fingerprint density at radius 2 is 2.09 bits per heavy atom. The minimum Gasteiger partial charge on any atom is -0.369 e. The molecule has 0 radical (unpaired) electrons. The molecule has 0 aromatic heterocycles. The molecule has 0 saturated carbocycles. The Morgan fingerprint density at radius 1 is 1.36 bits per heavy atom. The first kappa shape index (κ1) is 6.80. The summed E-state index contributed by atoms with van der Waals surface area (Å²) in [6.07, 6.45) is 0. The molecule has 0 spiro atoms. The van der Waals surface area contributed by atoms with Crippen LogP contribution < -0.4 is 5.32 Å². The highest BCUT2D eigenvalue weighted by molar-refractivity contribution is 7.80. The van der Waals surface area contributed by atoms with Gasteiger partial charge in [0.25, 0.3) is 0 Å². The van der Waals surface area contributed by atoms with Gasteiger partial charge in [-0.3, -0.25) is 0 Å². The molecule has 1 heterocycles. The Morgan fingerprint density at radius 3 is 2.82 bits per heavy atom. The van der Waals surface area contributed by atoms with Gasteiger partial charge in [0.1, 0.15) is 4.99 Å². The molecule has 2 heteroatoms. The molecule has 0 saturated heterocycles. The molecule has 0 fully saturated rings. The van der Waals surface area contributed by atoms with Crippen molar-refractivity contribution >= 4 is 17.2 Å². The van der Waals surface area contributed by atoms with Gasteiger partial charge in [0, 0.05) is 5.56 Å². The van der Waals surface area contributed by atoms with Gasteiger partial charge in [0.05, 0.1) is 6.04 Å². The fourth-order valence-corrected chi connectivity index (χ4v) is 1.80. The van der Waals surface area contributed by atoms with E-state index in [1.165, 1.54) is 11.1 Å². The van der Waals surface area contributed by atoms with Crippen molar-refractivity contribution in [1.29, 1.82) is 0 Å². The van der Waals surface area contributed by atoms with Crippen molar-refractivity contribution in [3.8, 4) is 0 Å². The average molecular weight is 163 g/mol. The number of hydrogen-bond donors (Lipinski definition) is 1. The number of benzene rings is 1. The summed E-state index contributed by atoms with van der Waals surface area (Å²) in [4.78, 5) is 0.883. The van der Waals surface area contributed by atoms with Crippen LogP contribution >= 0.6 is 12.2 Å². The van der Waals surface area contributed by atoms with E-state index in [9.17, 15) is 0 Å². The Bertz CT molecular complexity index is 306. The molecule has 1 N–H and O–H groups in total. The molecular formula is C9H9NS. The second-order valence-electron chi connectivity index (χ2n) is 2.78. The zero-order valence-corrected chi connectivity index (χ0v) is 7.11. The molecule has 2 rings (SSSR count). The van der Waals surface area contributed by atoms with Gasteiger partial charge in [-0.15, -0.1) is 0 Å². The van der Waals surface area contributed by atoms with Crippen molar-refractivity contribution in [2.45, 2.75) is 13.0 Å². The van der Waals surface area contributed by atoms with Crippen LogP contribution in [0.4, 0.5) is 0 Å². The van der Waals surface area contributed by atoms with Crippen LogP contribution in [0.1, 0.15) is 24.1 Å². The first-order valence-corrected chi connectivity index (χ1v) is 4.09. The molecule has 1 aromatic rings. The predicted molar refractivity (Wildman–Crippen MR) is 49.7 cm³/mol. The van der Waals surface area contributed by atoms with Gasteiger partial charge in [0.15, 0.2) is 0 Å². The van der Waals surface area contributed by atoms with Crippen LogP contribution in [0.5, 0.6) is 0 Å². The standard InChI is InChI=1S/C9H9NS/c1-6-7-4-2-3-5-8(7)9(11)10-6/h2-6H,1H3,(H,10,11). The second-order valence-corrected chi connectivity index (χ2v) is 3.19.